The van der Waals surface area contributed by atoms with E-state index >= 15 is 0 Å². The number of nitrogens with one attached hydrogen (secondary N) is 6. The third kappa shape index (κ3) is 11.2. The average Bonchev–Trinajstić information content (AvgIpc) is 3.63. The van der Waals surface area contributed by atoms with Crippen molar-refractivity contribution in [1.82, 2.24) is 35.6 Å². The number of aromatic nitrogens is 1. The molecule has 6 N–H and O–H groups in total. The van der Waals surface area contributed by atoms with E-state index in [0.717, 1.165) is 63.5 Å². The lowest BCUT2D eigenvalue weighted by Gasteiger charge is -2.37. The molecule has 72 heavy (non-hydrogen) atoms. The van der Waals surface area contributed by atoms with Crippen LogP contribution >= 0.6 is 0 Å². The summed E-state index contributed by atoms with van der Waals surface area (Å²) in [5, 5.41) is 15.0. The number of benzene rings is 3. The van der Waals surface area contributed by atoms with Gasteiger partial charge in [0.1, 0.15) is 6.04 Å². The second kappa shape index (κ2) is 22.7. The number of nitrogens with zero attached hydrogens (tertiary/aromatic N) is 5. The summed E-state index contributed by atoms with van der Waals surface area (Å²) in [6.07, 6.45) is 3.89. The summed E-state index contributed by atoms with van der Waals surface area (Å²) in [4.78, 5) is 101. The quantitative estimate of drug-likeness (QED) is 0.0337. The molecule has 3 fully saturated rings. The molecule has 6 amide bonds. The van der Waals surface area contributed by atoms with Crippen LogP contribution in [0.2, 0.25) is 0 Å². The van der Waals surface area contributed by atoms with Gasteiger partial charge in [0.05, 0.1) is 11.1 Å². The van der Waals surface area contributed by atoms with Crippen molar-refractivity contribution in [3.63, 3.8) is 0 Å². The lowest BCUT2D eigenvalue weighted by atomic mass is 9.94. The fourth-order valence-corrected chi connectivity index (χ4v) is 10.1. The molecule has 19 heteroatoms. The van der Waals surface area contributed by atoms with Gasteiger partial charge in [-0.2, -0.15) is 5.11 Å². The van der Waals surface area contributed by atoms with Gasteiger partial charge in [0.15, 0.2) is 5.70 Å². The van der Waals surface area contributed by atoms with Crippen LogP contribution in [-0.2, 0) is 32.2 Å². The monoisotopic (exact) mass is 981 g/mol. The Labute approximate surface area is 418 Å². The number of aromatic amines is 1. The summed E-state index contributed by atoms with van der Waals surface area (Å²) in [5.74, 6) is -2.86. The number of amides is 6. The number of hydrogen-bond donors (Lipinski definition) is 6. The fourth-order valence-electron chi connectivity index (χ4n) is 10.1. The number of anilines is 2. The maximum atomic E-state index is 14.0. The van der Waals surface area contributed by atoms with Gasteiger partial charge in [0.2, 0.25) is 11.8 Å². The Bertz CT molecular complexity index is 2850. The Morgan fingerprint density at radius 1 is 0.903 bits per heavy atom. The molecule has 5 heterocycles. The summed E-state index contributed by atoms with van der Waals surface area (Å²) in [7, 11) is 0. The van der Waals surface area contributed by atoms with E-state index in [1.807, 2.05) is 32.9 Å². The van der Waals surface area contributed by atoms with E-state index in [9.17, 15) is 33.6 Å². The van der Waals surface area contributed by atoms with Crippen LogP contribution in [0.3, 0.4) is 0 Å². The number of piperidine rings is 1. The van der Waals surface area contributed by atoms with Gasteiger partial charge in [0.25, 0.3) is 29.2 Å². The van der Waals surface area contributed by atoms with Gasteiger partial charge in [0, 0.05) is 119 Å². The van der Waals surface area contributed by atoms with Crippen molar-refractivity contribution in [3.05, 3.63) is 128 Å². The van der Waals surface area contributed by atoms with Crippen molar-refractivity contribution in [2.45, 2.75) is 85.0 Å². The van der Waals surface area contributed by atoms with Gasteiger partial charge in [-0.25, -0.2) is 5.53 Å². The Balaban J connectivity index is 0.841. The predicted molar refractivity (Wildman–Crippen MR) is 270 cm³/mol. The molecule has 378 valence electrons. The van der Waals surface area contributed by atoms with Crippen molar-refractivity contribution in [1.29, 1.82) is 5.53 Å². The van der Waals surface area contributed by atoms with Crippen molar-refractivity contribution in [2.24, 2.45) is 5.11 Å². The standard InChI is InChI=1S/C53H63N11O8/c1-5-63(38-16-24-72-25-17-38)45-28-37(27-40(34(45)4)48(66)57-29-41-32(2)26-33(3)58-49(41)67)36-12-10-35(11-13-36)31-61-20-22-62(23-21-61)52(70)43(60-54)30-55-18-7-19-56-42-9-6-8-39-47(42)53(71)64(51(39)69)44-14-15-46(65)59-50(44)68/h6,8-13,26-28,30,38,44,54-56H,5,7,14-25,29,31H2,1-4H3,(H,57,66)(H,58,67)(H,59,65,68)/b43-30-,60-54?. The van der Waals surface area contributed by atoms with Crippen LogP contribution in [0.5, 0.6) is 0 Å². The van der Waals surface area contributed by atoms with Crippen molar-refractivity contribution < 1.29 is 33.5 Å². The Hall–Kier alpha value is -7.51. The number of carbonyl (C=O) groups is 6. The van der Waals surface area contributed by atoms with Gasteiger partial charge < -0.3 is 35.5 Å². The first kappa shape index (κ1) is 50.9. The third-order valence-corrected chi connectivity index (χ3v) is 14.0. The summed E-state index contributed by atoms with van der Waals surface area (Å²) in [6, 6.07) is 18.5. The molecule has 0 aliphatic carbocycles. The van der Waals surface area contributed by atoms with E-state index in [0.29, 0.717) is 82.3 Å². The highest BCUT2D eigenvalue weighted by Gasteiger charge is 2.45. The zero-order chi connectivity index (χ0) is 51.1. The van der Waals surface area contributed by atoms with Crippen LogP contribution in [0.25, 0.3) is 11.1 Å². The maximum Gasteiger partial charge on any atom is 0.275 e. The highest BCUT2D eigenvalue weighted by molar-refractivity contribution is 6.25. The Morgan fingerprint density at radius 2 is 1.65 bits per heavy atom. The van der Waals surface area contributed by atoms with Gasteiger partial charge in [-0.3, -0.25) is 48.7 Å². The minimum Gasteiger partial charge on any atom is -0.389 e. The van der Waals surface area contributed by atoms with Crippen LogP contribution in [0.4, 0.5) is 11.4 Å². The first-order valence-electron chi connectivity index (χ1n) is 24.7. The Morgan fingerprint density at radius 3 is 2.35 bits per heavy atom. The summed E-state index contributed by atoms with van der Waals surface area (Å²) in [6.45, 7) is 13.8. The van der Waals surface area contributed by atoms with Crippen molar-refractivity contribution >= 4 is 46.8 Å². The number of H-pyrrole nitrogens is 1. The van der Waals surface area contributed by atoms with Gasteiger partial charge in [-0.15, -0.1) is 0 Å². The molecule has 0 spiro atoms. The first-order valence-corrected chi connectivity index (χ1v) is 24.7. The molecule has 1 aromatic heterocycles. The molecule has 19 nitrogen and oxygen atoms in total. The van der Waals surface area contributed by atoms with E-state index in [4.69, 9.17) is 10.3 Å². The first-order chi connectivity index (χ1) is 34.8. The van der Waals surface area contributed by atoms with E-state index in [1.165, 1.54) is 6.20 Å². The van der Waals surface area contributed by atoms with E-state index < -0.39 is 29.7 Å². The molecule has 3 aromatic carbocycles. The van der Waals surface area contributed by atoms with E-state index in [1.54, 1.807) is 23.1 Å². The average molecular weight is 982 g/mol. The second-order valence-corrected chi connectivity index (χ2v) is 18.7. The van der Waals surface area contributed by atoms with Crippen LogP contribution in [0.1, 0.15) is 98.0 Å². The van der Waals surface area contributed by atoms with Crippen LogP contribution in [0.15, 0.2) is 82.5 Å². The summed E-state index contributed by atoms with van der Waals surface area (Å²) >= 11 is 0. The molecule has 4 aromatic rings. The highest BCUT2D eigenvalue weighted by Crippen LogP contribution is 2.35. The molecular formula is C53H63N11O8. The molecule has 1 atom stereocenters. The molecule has 8 rings (SSSR count). The number of hydrogen-bond acceptors (Lipinski definition) is 14. The molecule has 4 aliphatic heterocycles. The molecule has 3 saturated heterocycles. The third-order valence-electron chi connectivity index (χ3n) is 14.0. The molecule has 4 aliphatic rings. The number of carbonyl (C=O) groups excluding carboxylic acids is 6. The smallest absolute Gasteiger partial charge is 0.275 e. The molecule has 0 saturated carbocycles. The van der Waals surface area contributed by atoms with Crippen LogP contribution < -0.4 is 31.7 Å². The lowest BCUT2D eigenvalue weighted by molar-refractivity contribution is -0.136. The normalized spacial score (nSPS) is 17.7. The number of ether oxygens (including phenoxy) is 1. The number of piperazine rings is 1. The van der Waals surface area contributed by atoms with Gasteiger partial charge >= 0.3 is 0 Å². The SMILES string of the molecule is CCN(c1cc(-c2ccc(CN3CCN(C(=O)/C(=C/NCCCNc4cccc5c4C(=O)N(C4CCC(=O)NC4=O)C5=O)N=N)CC3)cc2)cc(C(=O)NCc2c(C)cc(C)[nH]c2=O)c1C)C1CCOCC1. The van der Waals surface area contributed by atoms with E-state index in [2.05, 4.69) is 78.4 Å². The number of imide groups is 2. The second-order valence-electron chi connectivity index (χ2n) is 18.7. The van der Waals surface area contributed by atoms with Crippen LogP contribution in [-0.4, -0.2) is 126 Å². The number of fused-ring (bicyclic) bond motifs is 1. The number of pyridine rings is 1. The summed E-state index contributed by atoms with van der Waals surface area (Å²) < 4.78 is 5.69. The predicted octanol–water partition coefficient (Wildman–Crippen LogP) is 4.91. The fraction of sp³-hybridized carbons (Fsp3) is 0.415. The van der Waals surface area contributed by atoms with E-state index in [-0.39, 0.29) is 59.6 Å². The minimum atomic E-state index is -1.05. The molecule has 0 radical (unpaired) electrons. The zero-order valence-corrected chi connectivity index (χ0v) is 41.3. The maximum absolute atomic E-state index is 14.0. The zero-order valence-electron chi connectivity index (χ0n) is 41.3. The Kier molecular flexibility index (Phi) is 16.0. The lowest BCUT2D eigenvalue weighted by Crippen LogP contribution is -2.54. The number of rotatable bonds is 18. The molecular weight excluding hydrogens is 919 g/mol. The highest BCUT2D eigenvalue weighted by atomic mass is 16.5. The van der Waals surface area contributed by atoms with Crippen LogP contribution in [0, 0.1) is 26.3 Å². The molecule has 0 bridgehead atoms. The largest absolute Gasteiger partial charge is 0.389 e. The number of aryl methyl sites for hydroxylation is 2. The van der Waals surface area contributed by atoms with Gasteiger partial charge in [-0.1, -0.05) is 30.3 Å². The van der Waals surface area contributed by atoms with Crippen molar-refractivity contribution in [3.8, 4) is 11.1 Å². The molecule has 1 unspecified atom stereocenters. The minimum absolute atomic E-state index is 0.0168. The van der Waals surface area contributed by atoms with Crippen molar-refractivity contribution in [2.75, 3.05) is 69.2 Å². The van der Waals surface area contributed by atoms with Gasteiger partial charge in [-0.05, 0) is 112 Å². The topological polar surface area (TPSA) is 242 Å². The summed E-state index contributed by atoms with van der Waals surface area (Å²) in [5.41, 5.74) is 15.9.